The van der Waals surface area contributed by atoms with Crippen LogP contribution in [0.3, 0.4) is 0 Å². The molecule has 2 aromatic heterocycles. The average Bonchev–Trinajstić information content (AvgIpc) is 3.07. The van der Waals surface area contributed by atoms with E-state index in [9.17, 15) is 4.79 Å². The van der Waals surface area contributed by atoms with Crippen LogP contribution in [-0.4, -0.2) is 39.4 Å². The van der Waals surface area contributed by atoms with Gasteiger partial charge in [0.2, 0.25) is 0 Å². The molecule has 1 fully saturated rings. The number of nitrogens with zero attached hydrogens (tertiary/aromatic N) is 4. The van der Waals surface area contributed by atoms with Crippen molar-refractivity contribution in [2.45, 2.75) is 39.2 Å². The van der Waals surface area contributed by atoms with Crippen LogP contribution in [0.2, 0.25) is 0 Å². The molecule has 0 radical (unpaired) electrons. The third kappa shape index (κ3) is 3.13. The molecule has 3 heterocycles. The summed E-state index contributed by atoms with van der Waals surface area (Å²) in [6.07, 6.45) is 3.50. The number of aromatic nitrogens is 3. The van der Waals surface area contributed by atoms with Gasteiger partial charge in [0.1, 0.15) is 17.2 Å². The van der Waals surface area contributed by atoms with Crippen LogP contribution >= 0.6 is 0 Å². The van der Waals surface area contributed by atoms with Crippen molar-refractivity contribution in [3.05, 3.63) is 18.3 Å². The van der Waals surface area contributed by atoms with Crippen molar-refractivity contribution in [3.8, 4) is 0 Å². The molecule has 0 spiro atoms. The monoisotopic (exact) mass is 303 g/mol. The Morgan fingerprint density at radius 3 is 2.73 bits per heavy atom. The molecule has 22 heavy (non-hydrogen) atoms. The third-order valence-corrected chi connectivity index (χ3v) is 3.40. The molecule has 0 unspecified atom stereocenters. The van der Waals surface area contributed by atoms with Crippen molar-refractivity contribution in [1.82, 2.24) is 14.6 Å². The summed E-state index contributed by atoms with van der Waals surface area (Å²) in [5.41, 5.74) is 0.161. The first-order chi connectivity index (χ1) is 10.4. The van der Waals surface area contributed by atoms with Crippen molar-refractivity contribution in [1.29, 1.82) is 0 Å². The lowest BCUT2D eigenvalue weighted by Gasteiger charge is -2.21. The highest BCUT2D eigenvalue weighted by molar-refractivity contribution is 5.84. The highest BCUT2D eigenvalue weighted by Crippen LogP contribution is 2.23. The molecule has 1 aliphatic heterocycles. The maximum atomic E-state index is 12.0. The highest BCUT2D eigenvalue weighted by Gasteiger charge is 2.20. The predicted molar refractivity (Wildman–Crippen MR) is 84.3 cm³/mol. The van der Waals surface area contributed by atoms with Crippen molar-refractivity contribution >= 4 is 23.4 Å². The summed E-state index contributed by atoms with van der Waals surface area (Å²) < 4.78 is 6.91. The van der Waals surface area contributed by atoms with E-state index in [-0.39, 0.29) is 0 Å². The van der Waals surface area contributed by atoms with E-state index in [2.05, 4.69) is 20.3 Å². The molecule has 118 valence electrons. The predicted octanol–water partition coefficient (Wildman–Crippen LogP) is 2.68. The lowest BCUT2D eigenvalue weighted by atomic mass is 10.2. The summed E-state index contributed by atoms with van der Waals surface area (Å²) in [5.74, 6) is 1.42. The Balaban J connectivity index is 1.90. The Bertz CT molecular complexity index is 683. The van der Waals surface area contributed by atoms with Crippen LogP contribution in [0.5, 0.6) is 0 Å². The minimum atomic E-state index is -0.544. The van der Waals surface area contributed by atoms with Crippen LogP contribution in [0.15, 0.2) is 18.3 Å². The Morgan fingerprint density at radius 2 is 2.05 bits per heavy atom. The van der Waals surface area contributed by atoms with Gasteiger partial charge in [-0.1, -0.05) is 0 Å². The fraction of sp³-hybridized carbons (Fsp3) is 0.533. The highest BCUT2D eigenvalue weighted by atomic mass is 16.6. The summed E-state index contributed by atoms with van der Waals surface area (Å²) in [7, 11) is 0. The molecule has 1 saturated heterocycles. The van der Waals surface area contributed by atoms with Gasteiger partial charge in [-0.15, -0.1) is 0 Å². The molecular formula is C15H21N5O2. The zero-order valence-corrected chi connectivity index (χ0v) is 13.2. The molecular weight excluding hydrogens is 282 g/mol. The van der Waals surface area contributed by atoms with Gasteiger partial charge in [-0.3, -0.25) is 5.32 Å². The van der Waals surface area contributed by atoms with Crippen molar-refractivity contribution < 1.29 is 9.53 Å². The first-order valence-corrected chi connectivity index (χ1v) is 7.52. The number of fused-ring (bicyclic) bond motifs is 1. The topological polar surface area (TPSA) is 71.8 Å². The van der Waals surface area contributed by atoms with E-state index in [4.69, 9.17) is 4.74 Å². The van der Waals surface area contributed by atoms with Gasteiger partial charge >= 0.3 is 6.09 Å². The van der Waals surface area contributed by atoms with Gasteiger partial charge < -0.3 is 9.64 Å². The maximum absolute atomic E-state index is 12.0. The smallest absolute Gasteiger partial charge is 0.413 e. The Hall–Kier alpha value is -2.31. The lowest BCUT2D eigenvalue weighted by molar-refractivity contribution is 0.0635. The number of anilines is 2. The van der Waals surface area contributed by atoms with E-state index < -0.39 is 11.7 Å². The zero-order valence-electron chi connectivity index (χ0n) is 13.2. The number of hydrogen-bond donors (Lipinski definition) is 1. The number of hydrogen-bond acceptors (Lipinski definition) is 5. The lowest BCUT2D eigenvalue weighted by Crippen LogP contribution is -2.28. The standard InChI is InChI=1S/C15H21N5O2/c1-15(2,3)22-14(21)18-13-10-12(19-8-4-5-9-19)17-11-6-7-16-20(11)13/h6-7,10H,4-5,8-9H2,1-3H3,(H,18,21). The summed E-state index contributed by atoms with van der Waals surface area (Å²) >= 11 is 0. The largest absolute Gasteiger partial charge is 0.444 e. The Labute approximate surface area is 129 Å². The number of nitrogens with one attached hydrogen (secondary N) is 1. The number of rotatable bonds is 2. The number of ether oxygens (including phenoxy) is 1. The van der Waals surface area contributed by atoms with Gasteiger partial charge in [0, 0.05) is 25.2 Å². The second-order valence-corrected chi connectivity index (χ2v) is 6.42. The molecule has 0 saturated carbocycles. The van der Waals surface area contributed by atoms with E-state index in [1.165, 1.54) is 12.8 Å². The molecule has 1 N–H and O–H groups in total. The molecule has 0 aliphatic carbocycles. The van der Waals surface area contributed by atoms with Gasteiger partial charge in [0.15, 0.2) is 5.65 Å². The molecule has 0 atom stereocenters. The summed E-state index contributed by atoms with van der Waals surface area (Å²) in [5, 5.41) is 6.97. The fourth-order valence-corrected chi connectivity index (χ4v) is 2.51. The van der Waals surface area contributed by atoms with Crippen LogP contribution in [0, 0.1) is 0 Å². The quantitative estimate of drug-likeness (QED) is 0.923. The Morgan fingerprint density at radius 1 is 1.32 bits per heavy atom. The maximum Gasteiger partial charge on any atom is 0.413 e. The van der Waals surface area contributed by atoms with Crippen LogP contribution in [0.1, 0.15) is 33.6 Å². The van der Waals surface area contributed by atoms with Gasteiger partial charge in [0.25, 0.3) is 0 Å². The van der Waals surface area contributed by atoms with Crippen molar-refractivity contribution in [2.24, 2.45) is 0 Å². The number of carbonyl (C=O) groups excluding carboxylic acids is 1. The van der Waals surface area contributed by atoms with E-state index >= 15 is 0 Å². The van der Waals surface area contributed by atoms with Gasteiger partial charge in [-0.05, 0) is 33.6 Å². The molecule has 7 heteroatoms. The number of amides is 1. The van der Waals surface area contributed by atoms with Crippen molar-refractivity contribution in [3.63, 3.8) is 0 Å². The van der Waals surface area contributed by atoms with E-state index in [1.54, 1.807) is 10.7 Å². The second-order valence-electron chi connectivity index (χ2n) is 6.42. The summed E-state index contributed by atoms with van der Waals surface area (Å²) in [6.45, 7) is 7.47. The number of carbonyl (C=O) groups is 1. The van der Waals surface area contributed by atoms with E-state index in [0.717, 1.165) is 18.9 Å². The average molecular weight is 303 g/mol. The van der Waals surface area contributed by atoms with Crippen molar-refractivity contribution in [2.75, 3.05) is 23.3 Å². The molecule has 1 aliphatic rings. The molecule has 7 nitrogen and oxygen atoms in total. The van der Waals surface area contributed by atoms with E-state index in [1.807, 2.05) is 32.9 Å². The molecule has 3 rings (SSSR count). The SMILES string of the molecule is CC(C)(C)OC(=O)Nc1cc(N2CCCC2)nc2ccnn12. The first kappa shape index (κ1) is 14.6. The normalized spacial score (nSPS) is 15.3. The Kier molecular flexibility index (Phi) is 3.64. The van der Waals surface area contributed by atoms with Crippen LogP contribution in [0.25, 0.3) is 5.65 Å². The van der Waals surface area contributed by atoms with Crippen LogP contribution < -0.4 is 10.2 Å². The first-order valence-electron chi connectivity index (χ1n) is 7.52. The summed E-state index contributed by atoms with van der Waals surface area (Å²) in [4.78, 5) is 18.8. The molecule has 0 aromatic carbocycles. The fourth-order valence-electron chi connectivity index (χ4n) is 2.51. The van der Waals surface area contributed by atoms with E-state index in [0.29, 0.717) is 11.5 Å². The zero-order chi connectivity index (χ0) is 15.7. The third-order valence-electron chi connectivity index (χ3n) is 3.40. The minimum Gasteiger partial charge on any atom is -0.444 e. The molecule has 1 amide bonds. The second kappa shape index (κ2) is 5.47. The molecule has 0 bridgehead atoms. The van der Waals surface area contributed by atoms with Gasteiger partial charge in [0.05, 0.1) is 6.20 Å². The minimum absolute atomic E-state index is 0.497. The van der Waals surface area contributed by atoms with Gasteiger partial charge in [-0.25, -0.2) is 9.78 Å². The summed E-state index contributed by atoms with van der Waals surface area (Å²) in [6, 6.07) is 3.66. The van der Waals surface area contributed by atoms with Crippen LogP contribution in [-0.2, 0) is 4.74 Å². The van der Waals surface area contributed by atoms with Crippen LogP contribution in [0.4, 0.5) is 16.4 Å². The van der Waals surface area contributed by atoms with Gasteiger partial charge in [-0.2, -0.15) is 9.61 Å². The molecule has 2 aromatic rings.